The van der Waals surface area contributed by atoms with Crippen LogP contribution in [0, 0.1) is 6.92 Å². The van der Waals surface area contributed by atoms with Crippen molar-refractivity contribution in [2.75, 3.05) is 0 Å². The Bertz CT molecular complexity index is 898. The first-order valence-corrected chi connectivity index (χ1v) is 7.67. The van der Waals surface area contributed by atoms with E-state index in [0.29, 0.717) is 15.7 Å². The van der Waals surface area contributed by atoms with E-state index in [9.17, 15) is 4.79 Å². The van der Waals surface area contributed by atoms with E-state index in [1.54, 1.807) is 24.4 Å². The number of hydrogen-bond donors (Lipinski definition) is 2. The SMILES string of the molecule is Cc1c(C(=O)NN=Cc2ccc(Cl)cc2)[nH]c2ccc(Cl)cc12. The minimum atomic E-state index is -0.306. The number of carbonyl (C=O) groups excluding carboxylic acids is 1. The first-order valence-electron chi connectivity index (χ1n) is 6.91. The van der Waals surface area contributed by atoms with Gasteiger partial charge in [0.2, 0.25) is 0 Å². The Morgan fingerprint density at radius 2 is 1.83 bits per heavy atom. The molecular weight excluding hydrogens is 333 g/mol. The molecule has 0 spiro atoms. The van der Waals surface area contributed by atoms with E-state index in [2.05, 4.69) is 15.5 Å². The molecule has 0 saturated carbocycles. The molecule has 0 saturated heterocycles. The highest BCUT2D eigenvalue weighted by Crippen LogP contribution is 2.24. The molecule has 0 radical (unpaired) electrons. The molecule has 3 rings (SSSR count). The van der Waals surface area contributed by atoms with Gasteiger partial charge in [-0.1, -0.05) is 35.3 Å². The number of aromatic nitrogens is 1. The fourth-order valence-corrected chi connectivity index (χ4v) is 2.59. The predicted molar refractivity (Wildman–Crippen MR) is 94.6 cm³/mol. The lowest BCUT2D eigenvalue weighted by atomic mass is 10.1. The van der Waals surface area contributed by atoms with Crippen LogP contribution < -0.4 is 5.43 Å². The van der Waals surface area contributed by atoms with Gasteiger partial charge in [0, 0.05) is 20.9 Å². The Morgan fingerprint density at radius 1 is 1.13 bits per heavy atom. The van der Waals surface area contributed by atoms with Gasteiger partial charge in [0.25, 0.3) is 5.91 Å². The number of fused-ring (bicyclic) bond motifs is 1. The first-order chi connectivity index (χ1) is 11.0. The number of halogens is 2. The molecule has 2 N–H and O–H groups in total. The molecule has 2 aromatic carbocycles. The minimum absolute atomic E-state index is 0.306. The van der Waals surface area contributed by atoms with Crippen molar-refractivity contribution in [2.45, 2.75) is 6.92 Å². The maximum atomic E-state index is 12.3. The van der Waals surface area contributed by atoms with E-state index in [1.807, 2.05) is 31.2 Å². The maximum absolute atomic E-state index is 12.3. The number of aryl methyl sites for hydroxylation is 1. The van der Waals surface area contributed by atoms with Crippen LogP contribution in [0.3, 0.4) is 0 Å². The molecule has 23 heavy (non-hydrogen) atoms. The van der Waals surface area contributed by atoms with Gasteiger partial charge >= 0.3 is 0 Å². The van der Waals surface area contributed by atoms with Gasteiger partial charge < -0.3 is 4.98 Å². The molecule has 1 aromatic heterocycles. The average molecular weight is 346 g/mol. The summed E-state index contributed by atoms with van der Waals surface area (Å²) in [6, 6.07) is 12.6. The minimum Gasteiger partial charge on any atom is -0.350 e. The first kappa shape index (κ1) is 15.6. The number of hydrogen-bond acceptors (Lipinski definition) is 2. The zero-order valence-corrected chi connectivity index (χ0v) is 13.7. The molecule has 0 unspecified atom stereocenters. The number of nitrogens with zero attached hydrogens (tertiary/aromatic N) is 1. The highest BCUT2D eigenvalue weighted by atomic mass is 35.5. The van der Waals surface area contributed by atoms with Gasteiger partial charge in [-0.2, -0.15) is 5.10 Å². The third-order valence-corrected chi connectivity index (χ3v) is 3.98. The second-order valence-corrected chi connectivity index (χ2v) is 5.94. The molecule has 0 aliphatic carbocycles. The van der Waals surface area contributed by atoms with Crippen molar-refractivity contribution in [1.29, 1.82) is 0 Å². The third-order valence-electron chi connectivity index (χ3n) is 3.50. The lowest BCUT2D eigenvalue weighted by molar-refractivity contribution is 0.0950. The largest absolute Gasteiger partial charge is 0.350 e. The summed E-state index contributed by atoms with van der Waals surface area (Å²) in [7, 11) is 0. The molecule has 0 atom stereocenters. The van der Waals surface area contributed by atoms with E-state index < -0.39 is 0 Å². The van der Waals surface area contributed by atoms with E-state index >= 15 is 0 Å². The van der Waals surface area contributed by atoms with Gasteiger partial charge in [-0.15, -0.1) is 0 Å². The number of H-pyrrole nitrogens is 1. The lowest BCUT2D eigenvalue weighted by Gasteiger charge is -1.99. The lowest BCUT2D eigenvalue weighted by Crippen LogP contribution is -2.18. The summed E-state index contributed by atoms with van der Waals surface area (Å²) in [4.78, 5) is 15.3. The van der Waals surface area contributed by atoms with Crippen LogP contribution in [0.15, 0.2) is 47.6 Å². The molecule has 0 bridgehead atoms. The van der Waals surface area contributed by atoms with Crippen molar-refractivity contribution < 1.29 is 4.79 Å². The van der Waals surface area contributed by atoms with Gasteiger partial charge in [0.1, 0.15) is 5.69 Å². The molecule has 4 nitrogen and oxygen atoms in total. The predicted octanol–water partition coefficient (Wildman–Crippen LogP) is 4.55. The summed E-state index contributed by atoms with van der Waals surface area (Å²) >= 11 is 11.8. The summed E-state index contributed by atoms with van der Waals surface area (Å²) in [5, 5.41) is 6.17. The van der Waals surface area contributed by atoms with Crippen molar-refractivity contribution in [3.8, 4) is 0 Å². The second kappa shape index (κ2) is 6.44. The summed E-state index contributed by atoms with van der Waals surface area (Å²) in [6.07, 6.45) is 1.56. The van der Waals surface area contributed by atoms with E-state index in [1.165, 1.54) is 0 Å². The quantitative estimate of drug-likeness (QED) is 0.531. The number of benzene rings is 2. The number of carbonyl (C=O) groups is 1. The Balaban J connectivity index is 1.78. The molecule has 1 heterocycles. The zero-order chi connectivity index (χ0) is 16.4. The zero-order valence-electron chi connectivity index (χ0n) is 12.2. The van der Waals surface area contributed by atoms with Crippen LogP contribution in [-0.2, 0) is 0 Å². The molecule has 0 aliphatic heterocycles. The van der Waals surface area contributed by atoms with Crippen LogP contribution in [0.1, 0.15) is 21.6 Å². The fraction of sp³-hybridized carbons (Fsp3) is 0.0588. The maximum Gasteiger partial charge on any atom is 0.288 e. The fourth-order valence-electron chi connectivity index (χ4n) is 2.30. The summed E-state index contributed by atoms with van der Waals surface area (Å²) in [5.41, 5.74) is 5.52. The summed E-state index contributed by atoms with van der Waals surface area (Å²) in [6.45, 7) is 1.87. The van der Waals surface area contributed by atoms with Gasteiger partial charge in [0.15, 0.2) is 0 Å². The van der Waals surface area contributed by atoms with Crippen molar-refractivity contribution >= 4 is 46.2 Å². The number of aromatic amines is 1. The summed E-state index contributed by atoms with van der Waals surface area (Å²) in [5.74, 6) is -0.306. The molecule has 0 aliphatic rings. The summed E-state index contributed by atoms with van der Waals surface area (Å²) < 4.78 is 0. The van der Waals surface area contributed by atoms with Crippen LogP contribution in [-0.4, -0.2) is 17.1 Å². The van der Waals surface area contributed by atoms with Gasteiger partial charge in [-0.25, -0.2) is 5.43 Å². The smallest absolute Gasteiger partial charge is 0.288 e. The topological polar surface area (TPSA) is 57.2 Å². The van der Waals surface area contributed by atoms with Crippen LogP contribution in [0.2, 0.25) is 10.0 Å². The van der Waals surface area contributed by atoms with Gasteiger partial charge in [0.05, 0.1) is 6.21 Å². The Kier molecular flexibility index (Phi) is 4.37. The molecule has 3 aromatic rings. The second-order valence-electron chi connectivity index (χ2n) is 5.07. The monoisotopic (exact) mass is 345 g/mol. The number of rotatable bonds is 3. The highest BCUT2D eigenvalue weighted by Gasteiger charge is 2.14. The van der Waals surface area contributed by atoms with E-state index in [0.717, 1.165) is 22.0 Å². The van der Waals surface area contributed by atoms with Crippen LogP contribution in [0.4, 0.5) is 0 Å². The molecule has 1 amide bonds. The van der Waals surface area contributed by atoms with Gasteiger partial charge in [-0.05, 0) is 48.4 Å². The highest BCUT2D eigenvalue weighted by molar-refractivity contribution is 6.31. The van der Waals surface area contributed by atoms with Crippen molar-refractivity contribution in [3.63, 3.8) is 0 Å². The average Bonchev–Trinajstić information content (AvgIpc) is 2.86. The van der Waals surface area contributed by atoms with Crippen molar-refractivity contribution in [3.05, 3.63) is 69.3 Å². The van der Waals surface area contributed by atoms with Crippen molar-refractivity contribution in [1.82, 2.24) is 10.4 Å². The third kappa shape index (κ3) is 3.38. The Labute approximate surface area is 143 Å². The number of amides is 1. The number of hydrazone groups is 1. The van der Waals surface area contributed by atoms with Gasteiger partial charge in [-0.3, -0.25) is 4.79 Å². The van der Waals surface area contributed by atoms with Crippen LogP contribution >= 0.6 is 23.2 Å². The Hall–Kier alpha value is -2.30. The van der Waals surface area contributed by atoms with E-state index in [4.69, 9.17) is 23.2 Å². The molecule has 0 fully saturated rings. The molecule has 116 valence electrons. The van der Waals surface area contributed by atoms with Crippen LogP contribution in [0.25, 0.3) is 10.9 Å². The standard InChI is InChI=1S/C17H13Cl2N3O/c1-10-14-8-13(19)6-7-15(14)21-16(10)17(23)22-20-9-11-2-4-12(18)5-3-11/h2-9,21H,1H3,(H,22,23). The Morgan fingerprint density at radius 3 is 2.57 bits per heavy atom. The normalized spacial score (nSPS) is 11.3. The number of nitrogens with one attached hydrogen (secondary N) is 2. The molecule has 6 heteroatoms. The van der Waals surface area contributed by atoms with E-state index in [-0.39, 0.29) is 5.91 Å². The van der Waals surface area contributed by atoms with Crippen LogP contribution in [0.5, 0.6) is 0 Å². The van der Waals surface area contributed by atoms with Crippen molar-refractivity contribution in [2.24, 2.45) is 5.10 Å². The molecular formula is C17H13Cl2N3O.